The maximum atomic E-state index is 13.1. The van der Waals surface area contributed by atoms with Crippen LogP contribution in [-0.4, -0.2) is 42.9 Å². The van der Waals surface area contributed by atoms with E-state index in [0.29, 0.717) is 16.7 Å². The third kappa shape index (κ3) is 7.43. The zero-order valence-electron chi connectivity index (χ0n) is 18.2. The fourth-order valence-corrected chi connectivity index (χ4v) is 3.25. The van der Waals surface area contributed by atoms with Crippen LogP contribution in [0.15, 0.2) is 42.6 Å². The first-order valence-corrected chi connectivity index (χ1v) is 10.0. The summed E-state index contributed by atoms with van der Waals surface area (Å²) in [5.41, 5.74) is 0.0982. The van der Waals surface area contributed by atoms with E-state index < -0.39 is 43.1 Å². The fraction of sp³-hybridized carbons (Fsp3) is 0.455. The van der Waals surface area contributed by atoms with Crippen LogP contribution in [0.1, 0.15) is 43.7 Å². The zero-order valence-corrected chi connectivity index (χ0v) is 18.2. The normalized spacial score (nSPS) is 14.2. The Morgan fingerprint density at radius 3 is 2.12 bits per heavy atom. The lowest BCUT2D eigenvalue weighted by Gasteiger charge is -2.31. The van der Waals surface area contributed by atoms with Crippen LogP contribution in [0.5, 0.6) is 0 Å². The van der Waals surface area contributed by atoms with Crippen molar-refractivity contribution in [2.24, 2.45) is 0 Å². The molecule has 1 amide bonds. The summed E-state index contributed by atoms with van der Waals surface area (Å²) >= 11 is 0. The molecule has 0 bridgehead atoms. The maximum absolute atomic E-state index is 13.1. The molecule has 1 heterocycles. The molecule has 2 aromatic rings. The summed E-state index contributed by atoms with van der Waals surface area (Å²) < 4.78 is 82.9. The van der Waals surface area contributed by atoms with Gasteiger partial charge in [-0.2, -0.15) is 22.0 Å². The molecule has 5 nitrogen and oxygen atoms in total. The van der Waals surface area contributed by atoms with Crippen LogP contribution in [0.25, 0.3) is 11.1 Å². The van der Waals surface area contributed by atoms with Crippen LogP contribution < -0.4 is 10.6 Å². The van der Waals surface area contributed by atoms with Crippen molar-refractivity contribution in [2.75, 3.05) is 13.7 Å². The van der Waals surface area contributed by atoms with Gasteiger partial charge in [-0.1, -0.05) is 30.3 Å². The molecular weight excluding hydrogens is 452 g/mol. The van der Waals surface area contributed by atoms with Crippen molar-refractivity contribution in [2.45, 2.75) is 50.7 Å². The smallest absolute Gasteiger partial charge is 0.348 e. The number of hydrogen-bond acceptors (Lipinski definition) is 4. The Bertz CT molecular complexity index is 902. The predicted molar refractivity (Wildman–Crippen MR) is 110 cm³/mol. The van der Waals surface area contributed by atoms with E-state index in [9.17, 15) is 31.1 Å². The van der Waals surface area contributed by atoms with Crippen molar-refractivity contribution < 1.29 is 35.9 Å². The van der Waals surface area contributed by atoms with Gasteiger partial charge >= 0.3 is 12.6 Å². The second kappa shape index (κ2) is 11.0. The van der Waals surface area contributed by atoms with Gasteiger partial charge in [0.15, 0.2) is 0 Å². The van der Waals surface area contributed by atoms with Gasteiger partial charge in [0.2, 0.25) is 0 Å². The lowest BCUT2D eigenvalue weighted by atomic mass is 10.0. The zero-order chi connectivity index (χ0) is 24.8. The average molecular weight is 477 g/mol. The Balaban J connectivity index is 2.18. The second-order valence-corrected chi connectivity index (χ2v) is 7.74. The molecule has 2 atom stereocenters. The van der Waals surface area contributed by atoms with Crippen molar-refractivity contribution in [1.29, 1.82) is 0 Å². The molecule has 11 heteroatoms. The maximum Gasteiger partial charge on any atom is 0.409 e. The number of nitrogens with one attached hydrogen (secondary N) is 2. The minimum absolute atomic E-state index is 0.0770. The van der Waals surface area contributed by atoms with Crippen LogP contribution in [-0.2, 0) is 9.53 Å². The Kier molecular flexibility index (Phi) is 8.84. The molecule has 0 saturated heterocycles. The topological polar surface area (TPSA) is 63.2 Å². The number of pyridine rings is 1. The van der Waals surface area contributed by atoms with Crippen LogP contribution in [0.3, 0.4) is 0 Å². The monoisotopic (exact) mass is 477 g/mol. The number of benzene rings is 1. The van der Waals surface area contributed by atoms with Crippen molar-refractivity contribution in [1.82, 2.24) is 15.6 Å². The molecule has 33 heavy (non-hydrogen) atoms. The number of aromatic nitrogens is 1. The Morgan fingerprint density at radius 1 is 1.06 bits per heavy atom. The third-order valence-corrected chi connectivity index (χ3v) is 4.74. The number of carbonyl (C=O) groups excluding carboxylic acids is 1. The van der Waals surface area contributed by atoms with E-state index in [4.69, 9.17) is 4.74 Å². The number of rotatable bonds is 10. The predicted octanol–water partition coefficient (Wildman–Crippen LogP) is 5.11. The Labute approximate surface area is 187 Å². The van der Waals surface area contributed by atoms with Crippen LogP contribution in [0.2, 0.25) is 0 Å². The first-order valence-electron chi connectivity index (χ1n) is 10.0. The minimum atomic E-state index is -4.49. The van der Waals surface area contributed by atoms with Gasteiger partial charge in [-0.05, 0) is 38.1 Å². The van der Waals surface area contributed by atoms with Gasteiger partial charge < -0.3 is 15.4 Å². The van der Waals surface area contributed by atoms with Gasteiger partial charge in [0.1, 0.15) is 11.8 Å². The van der Waals surface area contributed by atoms with E-state index >= 15 is 0 Å². The van der Waals surface area contributed by atoms with E-state index in [-0.39, 0.29) is 12.1 Å². The van der Waals surface area contributed by atoms with Gasteiger partial charge in [0.05, 0.1) is 18.5 Å². The first-order chi connectivity index (χ1) is 15.4. The van der Waals surface area contributed by atoms with E-state index in [1.54, 1.807) is 24.3 Å². The van der Waals surface area contributed by atoms with Gasteiger partial charge in [-0.15, -0.1) is 0 Å². The van der Waals surface area contributed by atoms with Crippen LogP contribution in [0.4, 0.5) is 26.3 Å². The molecule has 0 radical (unpaired) electrons. The van der Waals surface area contributed by atoms with Gasteiger partial charge in [-0.3, -0.25) is 14.2 Å². The molecule has 1 aromatic heterocycles. The molecule has 0 aliphatic rings. The highest BCUT2D eigenvalue weighted by Crippen LogP contribution is 2.33. The number of halogens is 6. The molecule has 0 spiro atoms. The summed E-state index contributed by atoms with van der Waals surface area (Å²) in [6.07, 6.45) is -7.29. The summed E-state index contributed by atoms with van der Waals surface area (Å²) in [7, 11) is 1.20. The Hall–Kier alpha value is -2.66. The lowest BCUT2D eigenvalue weighted by molar-refractivity contribution is -0.157. The molecule has 182 valence electrons. The fourth-order valence-electron chi connectivity index (χ4n) is 3.25. The van der Waals surface area contributed by atoms with E-state index in [0.717, 1.165) is 0 Å². The standard InChI is InChI=1S/C22H25F6N3O2/c1-21(2,31-20(32)19(24)25)33-17(10-11-23)14-6-4-13(5-7-14)15-8-9-16(30-12-15)18(29-3)22(26,27)28/h4-9,12,17-19,29H,10-11H2,1-3H3,(H,31,32). The molecule has 2 unspecified atom stereocenters. The number of carbonyl (C=O) groups is 1. The third-order valence-electron chi connectivity index (χ3n) is 4.74. The van der Waals surface area contributed by atoms with Gasteiger partial charge in [-0.25, -0.2) is 0 Å². The number of ether oxygens (including phenoxy) is 1. The molecule has 0 fully saturated rings. The number of hydrogen-bond donors (Lipinski definition) is 2. The molecule has 0 aliphatic heterocycles. The molecule has 2 N–H and O–H groups in total. The summed E-state index contributed by atoms with van der Waals surface area (Å²) in [6.45, 7) is 2.00. The number of alkyl halides is 6. The highest BCUT2D eigenvalue weighted by atomic mass is 19.4. The first kappa shape index (κ1) is 26.6. The molecule has 0 aliphatic carbocycles. The van der Waals surface area contributed by atoms with Gasteiger partial charge in [0.25, 0.3) is 5.91 Å². The molecule has 2 rings (SSSR count). The molecule has 0 saturated carbocycles. The summed E-state index contributed by atoms with van der Waals surface area (Å²) in [6, 6.07) is 7.46. The summed E-state index contributed by atoms with van der Waals surface area (Å²) in [5, 5.41) is 4.24. The SMILES string of the molecule is CNC(c1ccc(-c2ccc(C(CCF)OC(C)(C)NC(=O)C(F)F)cc2)cn1)C(F)(F)F. The quantitative estimate of drug-likeness (QED) is 0.369. The number of amides is 1. The minimum Gasteiger partial charge on any atom is -0.348 e. The Morgan fingerprint density at radius 2 is 1.67 bits per heavy atom. The number of nitrogens with zero attached hydrogens (tertiary/aromatic N) is 1. The van der Waals surface area contributed by atoms with Crippen LogP contribution in [0, 0.1) is 0 Å². The lowest BCUT2D eigenvalue weighted by Crippen LogP contribution is -2.48. The van der Waals surface area contributed by atoms with Crippen molar-refractivity contribution in [3.8, 4) is 11.1 Å². The largest absolute Gasteiger partial charge is 0.409 e. The van der Waals surface area contributed by atoms with E-state index in [1.165, 1.54) is 39.2 Å². The second-order valence-electron chi connectivity index (χ2n) is 7.74. The van der Waals surface area contributed by atoms with Crippen LogP contribution >= 0.6 is 0 Å². The van der Waals surface area contributed by atoms with Crippen molar-refractivity contribution in [3.63, 3.8) is 0 Å². The van der Waals surface area contributed by atoms with Crippen molar-refractivity contribution >= 4 is 5.91 Å². The van der Waals surface area contributed by atoms with E-state index in [2.05, 4.69) is 15.6 Å². The average Bonchev–Trinajstić information content (AvgIpc) is 2.73. The van der Waals surface area contributed by atoms with Gasteiger partial charge in [0, 0.05) is 18.2 Å². The summed E-state index contributed by atoms with van der Waals surface area (Å²) in [5.74, 6) is -1.50. The highest BCUT2D eigenvalue weighted by molar-refractivity contribution is 5.79. The molecule has 1 aromatic carbocycles. The van der Waals surface area contributed by atoms with E-state index in [1.807, 2.05) is 0 Å². The molecular formula is C22H25F6N3O2. The highest BCUT2D eigenvalue weighted by Gasteiger charge is 2.40. The summed E-state index contributed by atoms with van der Waals surface area (Å²) in [4.78, 5) is 15.2. The van der Waals surface area contributed by atoms with Crippen molar-refractivity contribution in [3.05, 3.63) is 53.9 Å².